The van der Waals surface area contributed by atoms with E-state index < -0.39 is 6.29 Å². The van der Waals surface area contributed by atoms with Crippen LogP contribution in [0.1, 0.15) is 74.8 Å². The quantitative estimate of drug-likeness (QED) is 0.257. The molecule has 0 unspecified atom stereocenters. The first-order chi connectivity index (χ1) is 20.4. The second-order valence-electron chi connectivity index (χ2n) is 11.0. The highest BCUT2D eigenvalue weighted by Crippen LogP contribution is 2.40. The topological polar surface area (TPSA) is 79.3 Å². The maximum absolute atomic E-state index is 13.2. The summed E-state index contributed by atoms with van der Waals surface area (Å²) in [4.78, 5) is 29.8. The Kier molecular flexibility index (Phi) is 8.00. The lowest BCUT2D eigenvalue weighted by Crippen LogP contribution is -2.38. The van der Waals surface area contributed by atoms with Gasteiger partial charge in [-0.05, 0) is 54.9 Å². The highest BCUT2D eigenvalue weighted by atomic mass is 16.7. The number of benzene rings is 4. The van der Waals surface area contributed by atoms with E-state index in [0.29, 0.717) is 29.8 Å². The maximum Gasteiger partial charge on any atom is 0.266 e. The maximum atomic E-state index is 13.2. The lowest BCUT2D eigenvalue weighted by Gasteiger charge is -2.39. The van der Waals surface area contributed by atoms with Gasteiger partial charge in [-0.2, -0.15) is 0 Å². The SMILES string of the molecule is C[C@@H](c1ccccc1)N(C)C[C@H]1C[C@@H](c2ccc(CO)cc2)O[C@@H](c2cccc(N3C(=O)c4ccccc4C3=O)c2)O1. The van der Waals surface area contributed by atoms with Gasteiger partial charge in [0.05, 0.1) is 35.6 Å². The predicted molar refractivity (Wildman–Crippen MR) is 160 cm³/mol. The molecule has 4 atom stereocenters. The van der Waals surface area contributed by atoms with Crippen LogP contribution in [-0.2, 0) is 16.1 Å². The Hall–Kier alpha value is -4.14. The van der Waals surface area contributed by atoms with Gasteiger partial charge < -0.3 is 14.6 Å². The molecule has 7 nitrogen and oxygen atoms in total. The summed E-state index contributed by atoms with van der Waals surface area (Å²) < 4.78 is 13.1. The summed E-state index contributed by atoms with van der Waals surface area (Å²) in [5, 5.41) is 9.52. The Bertz CT molecular complexity index is 1540. The summed E-state index contributed by atoms with van der Waals surface area (Å²) in [6.45, 7) is 2.84. The normalized spacial score (nSPS) is 21.0. The fraction of sp³-hybridized carbons (Fsp3) is 0.257. The Labute approximate surface area is 245 Å². The number of ether oxygens (including phenoxy) is 2. The number of rotatable bonds is 8. The molecule has 0 aliphatic carbocycles. The van der Waals surface area contributed by atoms with Crippen molar-refractivity contribution < 1.29 is 24.2 Å². The van der Waals surface area contributed by atoms with Gasteiger partial charge in [-0.3, -0.25) is 14.5 Å². The molecule has 2 heterocycles. The second kappa shape index (κ2) is 12.0. The van der Waals surface area contributed by atoms with Crippen LogP contribution >= 0.6 is 0 Å². The molecule has 1 N–H and O–H groups in total. The van der Waals surface area contributed by atoms with Crippen LogP contribution in [0.2, 0.25) is 0 Å². The Morgan fingerprint density at radius 1 is 0.833 bits per heavy atom. The number of amides is 2. The van der Waals surface area contributed by atoms with Crippen molar-refractivity contribution >= 4 is 17.5 Å². The van der Waals surface area contributed by atoms with Gasteiger partial charge in [0.15, 0.2) is 6.29 Å². The lowest BCUT2D eigenvalue weighted by atomic mass is 9.99. The van der Waals surface area contributed by atoms with Crippen molar-refractivity contribution in [3.63, 3.8) is 0 Å². The Balaban J connectivity index is 1.27. The van der Waals surface area contributed by atoms with Crippen LogP contribution in [0.4, 0.5) is 5.69 Å². The van der Waals surface area contributed by atoms with E-state index in [0.717, 1.165) is 16.7 Å². The summed E-state index contributed by atoms with van der Waals surface area (Å²) in [5.41, 5.74) is 5.08. The molecular weight excluding hydrogens is 528 g/mol. The predicted octanol–water partition coefficient (Wildman–Crippen LogP) is 6.22. The fourth-order valence-electron chi connectivity index (χ4n) is 5.73. The Morgan fingerprint density at radius 3 is 2.17 bits per heavy atom. The number of imide groups is 1. The third-order valence-corrected chi connectivity index (χ3v) is 8.24. The average Bonchev–Trinajstić information content (AvgIpc) is 3.30. The van der Waals surface area contributed by atoms with Gasteiger partial charge in [0.2, 0.25) is 0 Å². The third-order valence-electron chi connectivity index (χ3n) is 8.24. The number of hydrogen-bond donors (Lipinski definition) is 1. The molecule has 4 aromatic rings. The van der Waals surface area contributed by atoms with E-state index in [1.165, 1.54) is 10.5 Å². The van der Waals surface area contributed by atoms with Crippen molar-refractivity contribution in [2.75, 3.05) is 18.5 Å². The molecule has 1 saturated heterocycles. The van der Waals surface area contributed by atoms with Gasteiger partial charge in [-0.25, -0.2) is 4.90 Å². The molecule has 2 aliphatic heterocycles. The van der Waals surface area contributed by atoms with E-state index >= 15 is 0 Å². The first kappa shape index (κ1) is 28.0. The zero-order valence-electron chi connectivity index (χ0n) is 23.7. The number of likely N-dealkylation sites (N-methyl/N-ethyl adjacent to an activating group) is 1. The first-order valence-corrected chi connectivity index (χ1v) is 14.3. The first-order valence-electron chi connectivity index (χ1n) is 14.3. The van der Waals surface area contributed by atoms with Crippen LogP contribution in [0.3, 0.4) is 0 Å². The van der Waals surface area contributed by atoms with Crippen molar-refractivity contribution in [3.8, 4) is 0 Å². The summed E-state index contributed by atoms with van der Waals surface area (Å²) in [5.74, 6) is -0.677. The van der Waals surface area contributed by atoms with Crippen molar-refractivity contribution in [3.05, 3.63) is 137 Å². The van der Waals surface area contributed by atoms with Gasteiger partial charge in [0.25, 0.3) is 11.8 Å². The summed E-state index contributed by atoms with van der Waals surface area (Å²) >= 11 is 0. The van der Waals surface area contributed by atoms with Gasteiger partial charge in [0, 0.05) is 24.6 Å². The van der Waals surface area contributed by atoms with E-state index in [4.69, 9.17) is 9.47 Å². The number of carbonyl (C=O) groups is 2. The number of aliphatic hydroxyl groups excluding tert-OH is 1. The number of hydrogen-bond acceptors (Lipinski definition) is 6. The number of anilines is 1. The smallest absolute Gasteiger partial charge is 0.266 e. The molecular formula is C35H34N2O5. The Morgan fingerprint density at radius 2 is 1.50 bits per heavy atom. The molecule has 0 spiro atoms. The molecule has 42 heavy (non-hydrogen) atoms. The lowest BCUT2D eigenvalue weighted by molar-refractivity contribution is -0.253. The van der Waals surface area contributed by atoms with Crippen molar-refractivity contribution in [2.45, 2.75) is 44.5 Å². The third kappa shape index (κ3) is 5.52. The molecule has 0 aromatic heterocycles. The number of aliphatic hydroxyl groups is 1. The minimum absolute atomic E-state index is 0.0209. The number of nitrogens with zero attached hydrogens (tertiary/aromatic N) is 2. The zero-order valence-corrected chi connectivity index (χ0v) is 23.7. The molecule has 2 amide bonds. The second-order valence-corrected chi connectivity index (χ2v) is 11.0. The number of fused-ring (bicyclic) bond motifs is 1. The zero-order chi connectivity index (χ0) is 29.2. The molecule has 6 rings (SSSR count). The van der Waals surface area contributed by atoms with Crippen LogP contribution < -0.4 is 4.90 Å². The largest absolute Gasteiger partial charge is 0.392 e. The molecule has 1 fully saturated rings. The standard InChI is InChI=1S/C35H34N2O5/c1-23(25-9-4-3-5-10-25)36(2)21-29-20-32(26-17-15-24(22-38)16-18-26)42-35(41-29)27-11-8-12-28(19-27)37-33(39)30-13-6-7-14-31(30)34(37)40/h3-19,23,29,32,35,38H,20-22H2,1-2H3/t23-,29+,32-,35-/m0/s1. The molecule has 214 valence electrons. The minimum Gasteiger partial charge on any atom is -0.392 e. The summed E-state index contributed by atoms with van der Waals surface area (Å²) in [6.07, 6.45) is -0.448. The molecule has 0 radical (unpaired) electrons. The van der Waals surface area contributed by atoms with Crippen LogP contribution in [0.25, 0.3) is 0 Å². The summed E-state index contributed by atoms with van der Waals surface area (Å²) in [6, 6.07) is 32.5. The molecule has 4 aromatic carbocycles. The average molecular weight is 563 g/mol. The van der Waals surface area contributed by atoms with Crippen molar-refractivity contribution in [2.24, 2.45) is 0 Å². The van der Waals surface area contributed by atoms with E-state index in [-0.39, 0.29) is 36.7 Å². The van der Waals surface area contributed by atoms with Gasteiger partial charge in [-0.1, -0.05) is 78.9 Å². The number of carbonyl (C=O) groups excluding carboxylic acids is 2. The molecule has 7 heteroatoms. The van der Waals surface area contributed by atoms with Crippen LogP contribution in [-0.4, -0.2) is 41.5 Å². The van der Waals surface area contributed by atoms with E-state index in [9.17, 15) is 14.7 Å². The van der Waals surface area contributed by atoms with E-state index in [1.807, 2.05) is 54.6 Å². The van der Waals surface area contributed by atoms with Gasteiger partial charge in [0.1, 0.15) is 0 Å². The van der Waals surface area contributed by atoms with Gasteiger partial charge in [-0.15, -0.1) is 0 Å². The molecule has 0 saturated carbocycles. The van der Waals surface area contributed by atoms with Crippen molar-refractivity contribution in [1.82, 2.24) is 4.90 Å². The summed E-state index contributed by atoms with van der Waals surface area (Å²) in [7, 11) is 2.10. The van der Waals surface area contributed by atoms with Crippen molar-refractivity contribution in [1.29, 1.82) is 0 Å². The molecule has 2 aliphatic rings. The van der Waals surface area contributed by atoms with Crippen LogP contribution in [0, 0.1) is 0 Å². The van der Waals surface area contributed by atoms with E-state index in [2.05, 4.69) is 31.0 Å². The van der Waals surface area contributed by atoms with Gasteiger partial charge >= 0.3 is 0 Å². The van der Waals surface area contributed by atoms with Crippen LogP contribution in [0.5, 0.6) is 0 Å². The highest BCUT2D eigenvalue weighted by Gasteiger charge is 2.38. The fourth-order valence-corrected chi connectivity index (χ4v) is 5.73. The van der Waals surface area contributed by atoms with E-state index in [1.54, 1.807) is 36.4 Å². The minimum atomic E-state index is -0.707. The molecule has 0 bridgehead atoms. The monoisotopic (exact) mass is 562 g/mol. The van der Waals surface area contributed by atoms with Crippen LogP contribution in [0.15, 0.2) is 103 Å². The highest BCUT2D eigenvalue weighted by molar-refractivity contribution is 6.34.